The number of rotatable bonds is 5. The summed E-state index contributed by atoms with van der Waals surface area (Å²) in [5.41, 5.74) is 4.27. The maximum absolute atomic E-state index is 14.2. The third-order valence-corrected chi connectivity index (χ3v) is 10.3. The quantitative estimate of drug-likeness (QED) is 0.280. The highest BCUT2D eigenvalue weighted by Gasteiger charge is 2.50. The monoisotopic (exact) mass is 658 g/mol. The maximum atomic E-state index is 14.2. The number of aromatic nitrogens is 3. The lowest BCUT2D eigenvalue weighted by atomic mass is 9.73. The van der Waals surface area contributed by atoms with Gasteiger partial charge in [0.2, 0.25) is 5.91 Å². The summed E-state index contributed by atoms with van der Waals surface area (Å²) < 4.78 is 0. The minimum absolute atomic E-state index is 0.00163. The highest BCUT2D eigenvalue weighted by Crippen LogP contribution is 2.44. The van der Waals surface area contributed by atoms with Crippen molar-refractivity contribution in [3.63, 3.8) is 0 Å². The Hall–Kier alpha value is -5.19. The van der Waals surface area contributed by atoms with Crippen molar-refractivity contribution in [1.29, 1.82) is 0 Å². The van der Waals surface area contributed by atoms with Crippen molar-refractivity contribution in [3.8, 4) is 22.4 Å². The lowest BCUT2D eigenvalue weighted by Gasteiger charge is -2.42. The first-order valence-electron chi connectivity index (χ1n) is 15.1. The smallest absolute Gasteiger partial charge is 0.245 e. The van der Waals surface area contributed by atoms with E-state index in [2.05, 4.69) is 20.3 Å². The molecule has 11 heteroatoms. The Morgan fingerprint density at radius 3 is 2.60 bits per heavy atom. The Morgan fingerprint density at radius 1 is 1.02 bits per heavy atom. The number of nitrogens with one attached hydrogen (secondary N) is 1. The van der Waals surface area contributed by atoms with E-state index in [1.807, 2.05) is 89.7 Å². The molecule has 0 radical (unpaired) electrons. The van der Waals surface area contributed by atoms with Gasteiger partial charge in [0.15, 0.2) is 22.5 Å². The van der Waals surface area contributed by atoms with Crippen molar-refractivity contribution in [2.24, 2.45) is 5.92 Å². The minimum atomic E-state index is -1.14. The van der Waals surface area contributed by atoms with Crippen LogP contribution >= 0.6 is 22.9 Å². The van der Waals surface area contributed by atoms with E-state index in [0.29, 0.717) is 32.9 Å². The number of Topliss-reactive ketones (excluding diaryl/α,β-unsaturated/α-hetero) is 2. The van der Waals surface area contributed by atoms with E-state index in [-0.39, 0.29) is 30.7 Å². The van der Waals surface area contributed by atoms with E-state index in [9.17, 15) is 14.4 Å². The molecular formula is C36H27ClN6O3S. The first kappa shape index (κ1) is 29.2. The van der Waals surface area contributed by atoms with Gasteiger partial charge in [0.25, 0.3) is 0 Å². The number of benzene rings is 3. The topological polar surface area (TPSA) is 108 Å². The lowest BCUT2D eigenvalue weighted by Crippen LogP contribution is -2.59. The molecule has 0 bridgehead atoms. The largest absolute Gasteiger partial charge is 0.340 e. The molecule has 2 unspecified atom stereocenters. The lowest BCUT2D eigenvalue weighted by molar-refractivity contribution is -0.126. The molecule has 1 amide bonds. The highest BCUT2D eigenvalue weighted by molar-refractivity contribution is 7.14. The molecule has 0 saturated carbocycles. The number of anilines is 3. The van der Waals surface area contributed by atoms with Crippen LogP contribution in [0.2, 0.25) is 5.02 Å². The Kier molecular flexibility index (Phi) is 6.82. The third kappa shape index (κ3) is 4.58. The van der Waals surface area contributed by atoms with E-state index in [1.165, 1.54) is 17.7 Å². The van der Waals surface area contributed by atoms with Gasteiger partial charge in [0, 0.05) is 27.4 Å². The third-order valence-electron chi connectivity index (χ3n) is 9.24. The Balaban J connectivity index is 1.13. The van der Waals surface area contributed by atoms with Crippen LogP contribution in [0.3, 0.4) is 0 Å². The number of halogens is 1. The number of carbonyl (C=O) groups excluding carboxylic acids is 3. The van der Waals surface area contributed by atoms with Crippen LogP contribution < -0.4 is 25.6 Å². The summed E-state index contributed by atoms with van der Waals surface area (Å²) in [5, 5.41) is 7.48. The number of ketones is 2. The van der Waals surface area contributed by atoms with Gasteiger partial charge in [-0.1, -0.05) is 79.2 Å². The summed E-state index contributed by atoms with van der Waals surface area (Å²) in [6.07, 6.45) is 6.76. The predicted molar refractivity (Wildman–Crippen MR) is 184 cm³/mol. The van der Waals surface area contributed by atoms with Crippen molar-refractivity contribution >= 4 is 69.2 Å². The van der Waals surface area contributed by atoms with Gasteiger partial charge in [-0.2, -0.15) is 0 Å². The van der Waals surface area contributed by atoms with E-state index in [4.69, 9.17) is 11.6 Å². The van der Waals surface area contributed by atoms with Crippen molar-refractivity contribution in [2.45, 2.75) is 19.4 Å². The molecule has 0 saturated heterocycles. The summed E-state index contributed by atoms with van der Waals surface area (Å²) in [5.74, 6) is -0.207. The molecule has 3 aromatic carbocycles. The zero-order valence-corrected chi connectivity index (χ0v) is 27.0. The van der Waals surface area contributed by atoms with Crippen LogP contribution in [0, 0.1) is 5.92 Å². The average Bonchev–Trinajstić information content (AvgIpc) is 3.69. The molecule has 232 valence electrons. The molecule has 1 N–H and O–H groups in total. The normalized spacial score (nSPS) is 19.3. The minimum Gasteiger partial charge on any atom is -0.340 e. The fourth-order valence-electron chi connectivity index (χ4n) is 6.96. The van der Waals surface area contributed by atoms with E-state index < -0.39 is 11.5 Å². The fraction of sp³-hybridized carbons (Fsp3) is 0.167. The Bertz CT molecular complexity index is 2290. The van der Waals surface area contributed by atoms with Crippen molar-refractivity contribution in [3.05, 3.63) is 105 Å². The van der Waals surface area contributed by atoms with Crippen LogP contribution in [-0.2, 0) is 15.1 Å². The van der Waals surface area contributed by atoms with Crippen LogP contribution in [0.25, 0.3) is 34.5 Å². The van der Waals surface area contributed by atoms with Crippen molar-refractivity contribution in [2.75, 3.05) is 28.3 Å². The number of thiazole rings is 1. The van der Waals surface area contributed by atoms with Gasteiger partial charge in [0.05, 0.1) is 25.1 Å². The van der Waals surface area contributed by atoms with Crippen LogP contribution in [0.5, 0.6) is 0 Å². The first-order valence-corrected chi connectivity index (χ1v) is 16.4. The van der Waals surface area contributed by atoms with Gasteiger partial charge in [-0.3, -0.25) is 14.4 Å². The molecular weight excluding hydrogens is 632 g/mol. The molecule has 9 nitrogen and oxygen atoms in total. The van der Waals surface area contributed by atoms with E-state index >= 15 is 0 Å². The number of fused-ring (bicyclic) bond motifs is 6. The zero-order valence-electron chi connectivity index (χ0n) is 25.4. The number of carbonyl (C=O) groups is 3. The first-order chi connectivity index (χ1) is 22.7. The molecule has 1 aliphatic heterocycles. The van der Waals surface area contributed by atoms with Crippen molar-refractivity contribution in [1.82, 2.24) is 15.0 Å². The highest BCUT2D eigenvalue weighted by atomic mass is 35.5. The molecule has 2 atom stereocenters. The summed E-state index contributed by atoms with van der Waals surface area (Å²) in [4.78, 5) is 58.1. The fourth-order valence-corrected chi connectivity index (χ4v) is 7.92. The van der Waals surface area contributed by atoms with Gasteiger partial charge in [-0.15, -0.1) is 11.3 Å². The molecule has 2 aromatic heterocycles. The van der Waals surface area contributed by atoms with Gasteiger partial charge < -0.3 is 15.1 Å². The summed E-state index contributed by atoms with van der Waals surface area (Å²) in [7, 11) is 0. The number of hydrogen-bond acceptors (Lipinski definition) is 9. The van der Waals surface area contributed by atoms with Gasteiger partial charge in [0.1, 0.15) is 17.6 Å². The molecule has 2 aliphatic carbocycles. The summed E-state index contributed by atoms with van der Waals surface area (Å²) in [6, 6.07) is 19.0. The summed E-state index contributed by atoms with van der Waals surface area (Å²) >= 11 is 7.66. The molecule has 0 spiro atoms. The van der Waals surface area contributed by atoms with Gasteiger partial charge in [-0.25, -0.2) is 15.0 Å². The van der Waals surface area contributed by atoms with E-state index in [1.54, 1.807) is 18.3 Å². The second kappa shape index (κ2) is 11.0. The Labute approximate surface area is 278 Å². The second-order valence-corrected chi connectivity index (χ2v) is 13.3. The average molecular weight is 659 g/mol. The van der Waals surface area contributed by atoms with Crippen LogP contribution in [0.1, 0.15) is 29.8 Å². The number of amides is 1. The van der Waals surface area contributed by atoms with Gasteiger partial charge >= 0.3 is 0 Å². The molecule has 8 rings (SSSR count). The molecule has 5 aromatic rings. The number of hydrogen-bond donors (Lipinski definition) is 1. The molecule has 47 heavy (non-hydrogen) atoms. The van der Waals surface area contributed by atoms with Crippen LogP contribution in [0.4, 0.5) is 16.6 Å². The molecule has 0 fully saturated rings. The van der Waals surface area contributed by atoms with Crippen molar-refractivity contribution < 1.29 is 14.4 Å². The standard InChI is InChI=1S/C36H27ClN6O3S/c1-20-13-26-25-14-31(44)23-8-4-3-7-21(23)22(25)11-12-27(26)36(2,33(20)46)43-19-42(30-15-38-18-39-34(30)43)16-32(45)41-35-40-29(17-47-35)24-9-5-6-10-28(24)37/h3-15,17-18,20H,16,19H2,1-2H3,(H,40,41,45). The molecule has 3 heterocycles. The summed E-state index contributed by atoms with van der Waals surface area (Å²) in [6.45, 7) is 4.00. The molecule has 3 aliphatic rings. The van der Waals surface area contributed by atoms with Crippen LogP contribution in [0.15, 0.2) is 78.6 Å². The van der Waals surface area contributed by atoms with Gasteiger partial charge in [-0.05, 0) is 46.2 Å². The second-order valence-electron chi connectivity index (χ2n) is 12.0. The predicted octanol–water partition coefficient (Wildman–Crippen LogP) is 5.03. The zero-order chi connectivity index (χ0) is 32.4. The Morgan fingerprint density at radius 2 is 1.79 bits per heavy atom. The van der Waals surface area contributed by atoms with E-state index in [0.717, 1.165) is 32.7 Å². The SMILES string of the molecule is CC1C=c2c(ccc3c2=CC(=O)c2ccccc2-3)C(C)(N2CN(CC(=O)Nc3nc(-c4ccccc4Cl)cs3)c3cncnc32)C1=O. The van der Waals surface area contributed by atoms with Crippen LogP contribution in [-0.4, -0.2) is 45.6 Å². The number of nitrogens with zero attached hydrogens (tertiary/aromatic N) is 5. The maximum Gasteiger partial charge on any atom is 0.245 e.